The van der Waals surface area contributed by atoms with E-state index in [4.69, 9.17) is 11.6 Å². The first-order chi connectivity index (χ1) is 10.4. The summed E-state index contributed by atoms with van der Waals surface area (Å²) in [6.45, 7) is 2.45. The average molecular weight is 327 g/mol. The average Bonchev–Trinajstić information content (AvgIpc) is 2.86. The molecule has 2 aromatic heterocycles. The van der Waals surface area contributed by atoms with Gasteiger partial charge in [0.2, 0.25) is 0 Å². The number of hydrogen-bond donors (Lipinski definition) is 0. The third-order valence-corrected chi connectivity index (χ3v) is 3.55. The Hall–Kier alpha value is -2.15. The highest BCUT2D eigenvalue weighted by molar-refractivity contribution is 6.33. The standard InChI is InChI=1S/C14H10ClF3N4/c1-2-22-12(21-10-11(15)19-7-20-13(10)22)8-3-5-9(6-4-8)14(16,17)18/h3-7H,2H2,1H3. The van der Waals surface area contributed by atoms with Crippen molar-refractivity contribution in [2.45, 2.75) is 19.6 Å². The van der Waals surface area contributed by atoms with E-state index in [1.54, 1.807) is 4.57 Å². The first-order valence-electron chi connectivity index (χ1n) is 6.46. The van der Waals surface area contributed by atoms with Gasteiger partial charge in [0.1, 0.15) is 17.7 Å². The summed E-state index contributed by atoms with van der Waals surface area (Å²) in [5.74, 6) is 0.508. The van der Waals surface area contributed by atoms with Crippen LogP contribution < -0.4 is 0 Å². The molecule has 0 atom stereocenters. The molecule has 114 valence electrons. The molecule has 3 aromatic rings. The van der Waals surface area contributed by atoms with Gasteiger partial charge in [0.05, 0.1) is 5.56 Å². The zero-order valence-electron chi connectivity index (χ0n) is 11.4. The molecule has 0 aliphatic rings. The second kappa shape index (κ2) is 5.24. The Kier molecular flexibility index (Phi) is 3.52. The Morgan fingerprint density at radius 1 is 1.14 bits per heavy atom. The Morgan fingerprint density at radius 2 is 1.82 bits per heavy atom. The van der Waals surface area contributed by atoms with Crippen molar-refractivity contribution in [2.75, 3.05) is 0 Å². The lowest BCUT2D eigenvalue weighted by Gasteiger charge is -2.08. The molecule has 0 amide bonds. The van der Waals surface area contributed by atoms with Crippen molar-refractivity contribution in [3.05, 3.63) is 41.3 Å². The predicted molar refractivity (Wildman–Crippen MR) is 76.4 cm³/mol. The number of hydrogen-bond acceptors (Lipinski definition) is 3. The summed E-state index contributed by atoms with van der Waals surface area (Å²) in [5.41, 5.74) is 0.843. The molecule has 2 heterocycles. The van der Waals surface area contributed by atoms with E-state index in [9.17, 15) is 13.2 Å². The number of rotatable bonds is 2. The van der Waals surface area contributed by atoms with Crippen LogP contribution in [0.15, 0.2) is 30.6 Å². The number of halogens is 4. The van der Waals surface area contributed by atoms with Gasteiger partial charge in [-0.2, -0.15) is 13.2 Å². The van der Waals surface area contributed by atoms with Crippen LogP contribution >= 0.6 is 11.6 Å². The van der Waals surface area contributed by atoms with E-state index < -0.39 is 11.7 Å². The number of aryl methyl sites for hydroxylation is 1. The molecule has 4 nitrogen and oxygen atoms in total. The number of fused-ring (bicyclic) bond motifs is 1. The molecule has 0 N–H and O–H groups in total. The van der Waals surface area contributed by atoms with Crippen LogP contribution in [0.25, 0.3) is 22.6 Å². The van der Waals surface area contributed by atoms with Crippen LogP contribution in [0.3, 0.4) is 0 Å². The van der Waals surface area contributed by atoms with Crippen molar-refractivity contribution in [3.8, 4) is 11.4 Å². The smallest absolute Gasteiger partial charge is 0.309 e. The van der Waals surface area contributed by atoms with Crippen molar-refractivity contribution in [2.24, 2.45) is 0 Å². The SMILES string of the molecule is CCn1c(-c2ccc(C(F)(F)F)cc2)nc2c(Cl)ncnc21. The van der Waals surface area contributed by atoms with Gasteiger partial charge in [-0.25, -0.2) is 15.0 Å². The van der Waals surface area contributed by atoms with Crippen LogP contribution in [0.4, 0.5) is 13.2 Å². The number of aromatic nitrogens is 4. The van der Waals surface area contributed by atoms with Crippen molar-refractivity contribution in [1.29, 1.82) is 0 Å². The summed E-state index contributed by atoms with van der Waals surface area (Å²) in [4.78, 5) is 12.4. The molecular weight excluding hydrogens is 317 g/mol. The third-order valence-electron chi connectivity index (χ3n) is 3.27. The molecule has 0 aliphatic carbocycles. The summed E-state index contributed by atoms with van der Waals surface area (Å²) < 4.78 is 39.7. The van der Waals surface area contributed by atoms with E-state index in [-0.39, 0.29) is 5.15 Å². The molecule has 0 bridgehead atoms. The summed E-state index contributed by atoms with van der Waals surface area (Å²) >= 11 is 6.00. The van der Waals surface area contributed by atoms with Crippen LogP contribution in [0, 0.1) is 0 Å². The lowest BCUT2D eigenvalue weighted by atomic mass is 10.1. The second-order valence-electron chi connectivity index (χ2n) is 4.59. The van der Waals surface area contributed by atoms with E-state index in [0.717, 1.165) is 12.1 Å². The minimum Gasteiger partial charge on any atom is -0.309 e. The lowest BCUT2D eigenvalue weighted by molar-refractivity contribution is -0.137. The quantitative estimate of drug-likeness (QED) is 0.663. The Morgan fingerprint density at radius 3 is 2.41 bits per heavy atom. The van der Waals surface area contributed by atoms with Gasteiger partial charge in [0.25, 0.3) is 0 Å². The van der Waals surface area contributed by atoms with Gasteiger partial charge in [0, 0.05) is 12.1 Å². The number of benzene rings is 1. The first-order valence-corrected chi connectivity index (χ1v) is 6.84. The minimum atomic E-state index is -4.36. The summed E-state index contributed by atoms with van der Waals surface area (Å²) in [6.07, 6.45) is -3.03. The van der Waals surface area contributed by atoms with Crippen molar-refractivity contribution >= 4 is 22.8 Å². The van der Waals surface area contributed by atoms with Gasteiger partial charge in [-0.3, -0.25) is 0 Å². The van der Waals surface area contributed by atoms with Crippen molar-refractivity contribution < 1.29 is 13.2 Å². The first kappa shape index (κ1) is 14.8. The highest BCUT2D eigenvalue weighted by atomic mass is 35.5. The summed E-state index contributed by atoms with van der Waals surface area (Å²) in [5, 5.41) is 0.213. The molecule has 0 saturated heterocycles. The number of alkyl halides is 3. The van der Waals surface area contributed by atoms with Crippen LogP contribution in [-0.2, 0) is 12.7 Å². The Balaban J connectivity index is 2.16. The van der Waals surface area contributed by atoms with E-state index in [1.165, 1.54) is 18.5 Å². The van der Waals surface area contributed by atoms with Crippen LogP contribution in [-0.4, -0.2) is 19.5 Å². The Bertz CT molecular complexity index is 824. The molecule has 0 unspecified atom stereocenters. The molecule has 0 spiro atoms. The highest BCUT2D eigenvalue weighted by Crippen LogP contribution is 2.32. The zero-order chi connectivity index (χ0) is 15.9. The molecule has 0 fully saturated rings. The maximum absolute atomic E-state index is 12.6. The van der Waals surface area contributed by atoms with Crippen LogP contribution in [0.1, 0.15) is 12.5 Å². The molecular formula is C14H10ClF3N4. The molecule has 8 heteroatoms. The highest BCUT2D eigenvalue weighted by Gasteiger charge is 2.30. The van der Waals surface area contributed by atoms with Crippen LogP contribution in [0.5, 0.6) is 0 Å². The fourth-order valence-corrected chi connectivity index (χ4v) is 2.41. The summed E-state index contributed by atoms with van der Waals surface area (Å²) in [6, 6.07) is 4.83. The molecule has 1 aromatic carbocycles. The van der Waals surface area contributed by atoms with E-state index in [2.05, 4.69) is 15.0 Å². The van der Waals surface area contributed by atoms with Gasteiger partial charge in [-0.15, -0.1) is 0 Å². The predicted octanol–water partition coefficient (Wildman–Crippen LogP) is 4.19. The fourth-order valence-electron chi connectivity index (χ4n) is 2.24. The maximum atomic E-state index is 12.6. The topological polar surface area (TPSA) is 43.6 Å². The van der Waals surface area contributed by atoms with Gasteiger partial charge >= 0.3 is 6.18 Å². The van der Waals surface area contributed by atoms with Gasteiger partial charge in [-0.1, -0.05) is 23.7 Å². The lowest BCUT2D eigenvalue weighted by Crippen LogP contribution is -2.04. The molecule has 0 radical (unpaired) electrons. The zero-order valence-corrected chi connectivity index (χ0v) is 12.2. The van der Waals surface area contributed by atoms with E-state index in [1.807, 2.05) is 6.92 Å². The van der Waals surface area contributed by atoms with Crippen molar-refractivity contribution in [3.63, 3.8) is 0 Å². The van der Waals surface area contributed by atoms with Gasteiger partial charge in [-0.05, 0) is 19.1 Å². The molecule has 0 saturated carbocycles. The fraction of sp³-hybridized carbons (Fsp3) is 0.214. The number of imidazole rings is 1. The summed E-state index contributed by atoms with van der Waals surface area (Å²) in [7, 11) is 0. The molecule has 22 heavy (non-hydrogen) atoms. The molecule has 0 aliphatic heterocycles. The van der Waals surface area contributed by atoms with E-state index in [0.29, 0.717) is 29.1 Å². The van der Waals surface area contributed by atoms with Gasteiger partial charge < -0.3 is 4.57 Å². The minimum absolute atomic E-state index is 0.213. The van der Waals surface area contributed by atoms with Gasteiger partial charge in [0.15, 0.2) is 10.8 Å². The largest absolute Gasteiger partial charge is 0.416 e. The number of nitrogens with zero attached hydrogens (tertiary/aromatic N) is 4. The van der Waals surface area contributed by atoms with Crippen molar-refractivity contribution in [1.82, 2.24) is 19.5 Å². The maximum Gasteiger partial charge on any atom is 0.416 e. The van der Waals surface area contributed by atoms with E-state index >= 15 is 0 Å². The Labute approximate surface area is 128 Å². The monoisotopic (exact) mass is 326 g/mol. The normalized spacial score (nSPS) is 12.0. The second-order valence-corrected chi connectivity index (χ2v) is 4.95. The van der Waals surface area contributed by atoms with Crippen LogP contribution in [0.2, 0.25) is 5.15 Å². The third kappa shape index (κ3) is 2.41. The molecule has 3 rings (SSSR count).